The third-order valence-corrected chi connectivity index (χ3v) is 2.17. The minimum absolute atomic E-state index is 0.209. The second-order valence-electron chi connectivity index (χ2n) is 3.55. The van der Waals surface area contributed by atoms with E-state index in [0.29, 0.717) is 5.75 Å². The first kappa shape index (κ1) is 10.5. The Balaban J connectivity index is 2.30. The smallest absolute Gasteiger partial charge is 0.225 e. The summed E-state index contributed by atoms with van der Waals surface area (Å²) in [5, 5.41) is 0. The third-order valence-electron chi connectivity index (χ3n) is 2.17. The van der Waals surface area contributed by atoms with E-state index < -0.39 is 5.95 Å². The number of rotatable bonds is 2. The molecule has 0 saturated carbocycles. The fraction of sp³-hybridized carbons (Fsp3) is 0.167. The van der Waals surface area contributed by atoms with Crippen LogP contribution in [0.5, 0.6) is 11.6 Å². The lowest BCUT2D eigenvalue weighted by Crippen LogP contribution is -1.93. The molecule has 2 rings (SSSR count). The summed E-state index contributed by atoms with van der Waals surface area (Å²) in [4.78, 5) is 7.20. The summed E-state index contributed by atoms with van der Waals surface area (Å²) in [6.07, 6.45) is 1.13. The van der Waals surface area contributed by atoms with E-state index in [9.17, 15) is 4.39 Å². The van der Waals surface area contributed by atoms with Crippen LogP contribution in [-0.2, 0) is 0 Å². The Morgan fingerprint density at radius 1 is 1.12 bits per heavy atom. The lowest BCUT2D eigenvalue weighted by Gasteiger charge is -2.08. The van der Waals surface area contributed by atoms with Gasteiger partial charge in [0.1, 0.15) is 12.1 Å². The van der Waals surface area contributed by atoms with Crippen LogP contribution in [0.3, 0.4) is 0 Å². The van der Waals surface area contributed by atoms with Gasteiger partial charge in [-0.1, -0.05) is 12.1 Å². The Morgan fingerprint density at radius 3 is 2.69 bits per heavy atom. The molecule has 0 aliphatic carbocycles. The quantitative estimate of drug-likeness (QED) is 0.727. The van der Waals surface area contributed by atoms with Crippen LogP contribution in [0, 0.1) is 19.8 Å². The van der Waals surface area contributed by atoms with Gasteiger partial charge in [-0.3, -0.25) is 0 Å². The molecule has 0 aliphatic rings. The summed E-state index contributed by atoms with van der Waals surface area (Å²) < 4.78 is 18.3. The average Bonchev–Trinajstić information content (AvgIpc) is 2.24. The normalized spacial score (nSPS) is 10.2. The number of hydrogen-bond acceptors (Lipinski definition) is 3. The highest BCUT2D eigenvalue weighted by atomic mass is 19.1. The van der Waals surface area contributed by atoms with E-state index >= 15 is 0 Å². The number of halogens is 1. The first-order valence-corrected chi connectivity index (χ1v) is 4.88. The largest absolute Gasteiger partial charge is 0.439 e. The van der Waals surface area contributed by atoms with Crippen molar-refractivity contribution in [2.24, 2.45) is 0 Å². The van der Waals surface area contributed by atoms with Crippen molar-refractivity contribution >= 4 is 0 Å². The molecule has 0 spiro atoms. The maximum atomic E-state index is 12.8. The van der Waals surface area contributed by atoms with Crippen molar-refractivity contribution in [2.45, 2.75) is 13.8 Å². The molecule has 0 saturated heterocycles. The summed E-state index contributed by atoms with van der Waals surface area (Å²) >= 11 is 0. The van der Waals surface area contributed by atoms with Crippen LogP contribution in [0.1, 0.15) is 11.1 Å². The van der Waals surface area contributed by atoms with Crippen LogP contribution in [-0.4, -0.2) is 9.97 Å². The van der Waals surface area contributed by atoms with Crippen molar-refractivity contribution < 1.29 is 9.13 Å². The van der Waals surface area contributed by atoms with Crippen LogP contribution >= 0.6 is 0 Å². The monoisotopic (exact) mass is 218 g/mol. The molecule has 82 valence electrons. The van der Waals surface area contributed by atoms with Gasteiger partial charge in [-0.2, -0.15) is 4.39 Å². The zero-order chi connectivity index (χ0) is 11.5. The molecular formula is C12H11FN2O. The van der Waals surface area contributed by atoms with E-state index in [1.165, 1.54) is 0 Å². The van der Waals surface area contributed by atoms with Gasteiger partial charge in [-0.25, -0.2) is 9.97 Å². The standard InChI is InChI=1S/C12H11FN2O/c1-8-3-4-9(2)10(5-8)16-12-6-11(13)14-7-15-12/h3-7H,1-2H3. The predicted octanol–water partition coefficient (Wildman–Crippen LogP) is 3.02. The number of hydrogen-bond donors (Lipinski definition) is 0. The predicted molar refractivity (Wildman–Crippen MR) is 58.0 cm³/mol. The Morgan fingerprint density at radius 2 is 1.94 bits per heavy atom. The van der Waals surface area contributed by atoms with Gasteiger partial charge in [0.15, 0.2) is 0 Å². The number of ether oxygens (including phenoxy) is 1. The Kier molecular flexibility index (Phi) is 2.81. The van der Waals surface area contributed by atoms with Gasteiger partial charge < -0.3 is 4.74 Å². The second kappa shape index (κ2) is 4.26. The molecule has 1 heterocycles. The maximum absolute atomic E-state index is 12.8. The van der Waals surface area contributed by atoms with E-state index in [1.807, 2.05) is 32.0 Å². The first-order valence-electron chi connectivity index (χ1n) is 4.88. The van der Waals surface area contributed by atoms with Crippen molar-refractivity contribution in [1.82, 2.24) is 9.97 Å². The Labute approximate surface area is 92.9 Å². The molecule has 3 nitrogen and oxygen atoms in total. The van der Waals surface area contributed by atoms with Crippen LogP contribution in [0.25, 0.3) is 0 Å². The molecule has 0 amide bonds. The van der Waals surface area contributed by atoms with Crippen molar-refractivity contribution in [1.29, 1.82) is 0 Å². The Bertz CT molecular complexity index is 514. The van der Waals surface area contributed by atoms with Gasteiger partial charge in [-0.05, 0) is 31.0 Å². The summed E-state index contributed by atoms with van der Waals surface area (Å²) in [5.41, 5.74) is 2.06. The summed E-state index contributed by atoms with van der Waals surface area (Å²) in [7, 11) is 0. The molecule has 0 fully saturated rings. The number of benzene rings is 1. The van der Waals surface area contributed by atoms with Gasteiger partial charge in [0, 0.05) is 0 Å². The van der Waals surface area contributed by atoms with Crippen LogP contribution < -0.4 is 4.74 Å². The van der Waals surface area contributed by atoms with Gasteiger partial charge in [0.2, 0.25) is 11.8 Å². The molecule has 0 N–H and O–H groups in total. The van der Waals surface area contributed by atoms with Gasteiger partial charge >= 0.3 is 0 Å². The van der Waals surface area contributed by atoms with Crippen molar-refractivity contribution in [2.75, 3.05) is 0 Å². The van der Waals surface area contributed by atoms with Crippen molar-refractivity contribution in [3.8, 4) is 11.6 Å². The van der Waals surface area contributed by atoms with Gasteiger partial charge in [0.05, 0.1) is 6.07 Å². The summed E-state index contributed by atoms with van der Waals surface area (Å²) in [5.74, 6) is 0.287. The highest BCUT2D eigenvalue weighted by molar-refractivity contribution is 5.38. The molecule has 4 heteroatoms. The van der Waals surface area contributed by atoms with E-state index in [2.05, 4.69) is 9.97 Å². The molecule has 0 unspecified atom stereocenters. The van der Waals surface area contributed by atoms with Crippen LogP contribution in [0.15, 0.2) is 30.6 Å². The second-order valence-corrected chi connectivity index (χ2v) is 3.55. The van der Waals surface area contributed by atoms with E-state index in [4.69, 9.17) is 4.74 Å². The molecule has 1 aromatic heterocycles. The van der Waals surface area contributed by atoms with E-state index in [-0.39, 0.29) is 5.88 Å². The molecule has 0 aliphatic heterocycles. The fourth-order valence-corrected chi connectivity index (χ4v) is 1.30. The molecule has 1 aromatic carbocycles. The molecule has 16 heavy (non-hydrogen) atoms. The number of aromatic nitrogens is 2. The number of aryl methyl sites for hydroxylation is 2. The minimum atomic E-state index is -0.602. The number of nitrogens with zero attached hydrogens (tertiary/aromatic N) is 2. The summed E-state index contributed by atoms with van der Waals surface area (Å²) in [6, 6.07) is 6.97. The summed E-state index contributed by atoms with van der Waals surface area (Å²) in [6.45, 7) is 3.89. The minimum Gasteiger partial charge on any atom is -0.439 e. The Hall–Kier alpha value is -1.97. The lowest BCUT2D eigenvalue weighted by atomic mass is 10.1. The molecular weight excluding hydrogens is 207 g/mol. The van der Waals surface area contributed by atoms with Crippen molar-refractivity contribution in [3.63, 3.8) is 0 Å². The van der Waals surface area contributed by atoms with E-state index in [1.54, 1.807) is 0 Å². The van der Waals surface area contributed by atoms with Gasteiger partial charge in [-0.15, -0.1) is 0 Å². The maximum Gasteiger partial charge on any atom is 0.225 e. The molecule has 2 aromatic rings. The van der Waals surface area contributed by atoms with E-state index in [0.717, 1.165) is 23.5 Å². The average molecular weight is 218 g/mol. The molecule has 0 atom stereocenters. The highest BCUT2D eigenvalue weighted by Crippen LogP contribution is 2.24. The SMILES string of the molecule is Cc1ccc(C)c(Oc2cc(F)ncn2)c1. The lowest BCUT2D eigenvalue weighted by molar-refractivity contribution is 0.447. The molecule has 0 radical (unpaired) electrons. The molecule has 0 bridgehead atoms. The van der Waals surface area contributed by atoms with Crippen LogP contribution in [0.4, 0.5) is 4.39 Å². The van der Waals surface area contributed by atoms with Gasteiger partial charge in [0.25, 0.3) is 0 Å². The zero-order valence-electron chi connectivity index (χ0n) is 9.07. The third kappa shape index (κ3) is 2.34. The zero-order valence-corrected chi connectivity index (χ0v) is 9.07. The highest BCUT2D eigenvalue weighted by Gasteiger charge is 2.04. The fourth-order valence-electron chi connectivity index (χ4n) is 1.30. The first-order chi connectivity index (χ1) is 7.65. The van der Waals surface area contributed by atoms with Crippen LogP contribution in [0.2, 0.25) is 0 Å². The van der Waals surface area contributed by atoms with Crippen molar-refractivity contribution in [3.05, 3.63) is 47.7 Å². The topological polar surface area (TPSA) is 35.0 Å².